The number of benzene rings is 2. The Hall–Kier alpha value is -3.78. The van der Waals surface area contributed by atoms with E-state index in [0.29, 0.717) is 73.4 Å². The number of piperidine rings is 2. The summed E-state index contributed by atoms with van der Waals surface area (Å²) >= 11 is 0. The van der Waals surface area contributed by atoms with Crippen molar-refractivity contribution < 1.29 is 49.0 Å². The molecule has 10 aliphatic rings. The normalized spacial score (nSPS) is 35.7. The third kappa shape index (κ3) is 6.95. The van der Waals surface area contributed by atoms with Gasteiger partial charge in [0, 0.05) is 49.1 Å². The second kappa shape index (κ2) is 17.5. The minimum Gasteiger partial charge on any atom is -0.482 e. The fourth-order valence-electron chi connectivity index (χ4n) is 15.2. The van der Waals surface area contributed by atoms with Gasteiger partial charge in [-0.25, -0.2) is 0 Å². The number of unbranched alkanes of at least 4 members (excludes halogenated alkanes) is 9. The number of nitrogens with zero attached hydrogens (tertiary/aromatic N) is 2. The fraction of sp³-hybridized carbons (Fsp3) is 0.679. The highest BCUT2D eigenvalue weighted by Crippen LogP contribution is 2.66. The van der Waals surface area contributed by atoms with Gasteiger partial charge in [-0.1, -0.05) is 101 Å². The molecule has 0 amide bonds. The van der Waals surface area contributed by atoms with E-state index in [1.54, 1.807) is 12.2 Å². The molecule has 2 aromatic rings. The molecule has 0 aromatic heterocycles. The van der Waals surface area contributed by atoms with Crippen LogP contribution in [-0.2, 0) is 33.3 Å². The van der Waals surface area contributed by atoms with E-state index in [1.807, 2.05) is 24.3 Å². The van der Waals surface area contributed by atoms with E-state index in [-0.39, 0.29) is 24.0 Å². The van der Waals surface area contributed by atoms with Gasteiger partial charge in [0.2, 0.25) is 0 Å². The van der Waals surface area contributed by atoms with Crippen LogP contribution in [0.25, 0.3) is 0 Å². The first kappa shape index (κ1) is 45.4. The lowest BCUT2D eigenvalue weighted by Crippen LogP contribution is -2.75. The predicted octanol–water partition coefficient (Wildman–Crippen LogP) is 7.06. The maximum atomic E-state index is 13.2. The molecule has 4 bridgehead atoms. The van der Waals surface area contributed by atoms with Gasteiger partial charge in [0.15, 0.2) is 23.0 Å². The van der Waals surface area contributed by atoms with Crippen LogP contribution in [0.3, 0.4) is 0 Å². The van der Waals surface area contributed by atoms with Crippen molar-refractivity contribution in [1.82, 2.24) is 9.80 Å². The number of likely N-dealkylation sites (tertiary alicyclic amines) is 2. The lowest BCUT2D eigenvalue weighted by molar-refractivity contribution is -0.159. The van der Waals surface area contributed by atoms with Gasteiger partial charge < -0.3 is 39.4 Å². The summed E-state index contributed by atoms with van der Waals surface area (Å²) < 4.78 is 25.1. The number of carbonyl (C=O) groups excluding carboxylic acids is 2. The number of hydrogen-bond acceptors (Lipinski definition) is 12. The van der Waals surface area contributed by atoms with Crippen molar-refractivity contribution in [3.63, 3.8) is 0 Å². The molecule has 10 atom stereocenters. The van der Waals surface area contributed by atoms with Crippen LogP contribution in [0.1, 0.15) is 151 Å². The average Bonchev–Trinajstić information content (AvgIpc) is 3.84. The third-order valence-corrected chi connectivity index (χ3v) is 19.1. The molecular formula is C56H72N2O10. The zero-order valence-electron chi connectivity index (χ0n) is 39.8. The molecule has 366 valence electrons. The standard InChI is InChI=1S/C56H72N2O10/c59-39-23-25-55(63)43-31-37-19-21-41(49-47(37)53(55,51(39)67-49)27-29-57(43)33-35-13-11-14-35)65-45(61)17-9-7-5-3-1-2-4-6-8-10-18-46(62)66-42-22-20-38-32-44-56(64)26-24-40(60)52-54(56,48(38)50(42)68-52)28-30-58(44)34-36-15-12-16-36/h19-26,35-36,39-40,43-44,51-52,59-60,63-64H,1-18,27-34H2. The van der Waals surface area contributed by atoms with Gasteiger partial charge in [-0.2, -0.15) is 0 Å². The summed E-state index contributed by atoms with van der Waals surface area (Å²) in [7, 11) is 0. The van der Waals surface area contributed by atoms with Gasteiger partial charge >= 0.3 is 11.9 Å². The quantitative estimate of drug-likeness (QED) is 0.0493. The highest BCUT2D eigenvalue weighted by atomic mass is 16.6. The zero-order valence-corrected chi connectivity index (χ0v) is 39.8. The molecule has 12 rings (SSSR count). The molecule has 4 fully saturated rings. The van der Waals surface area contributed by atoms with Gasteiger partial charge in [0.05, 0.1) is 10.8 Å². The van der Waals surface area contributed by atoms with E-state index in [1.165, 1.54) is 38.5 Å². The number of carbonyl (C=O) groups is 2. The van der Waals surface area contributed by atoms with Gasteiger partial charge in [-0.05, 0) is 112 Å². The van der Waals surface area contributed by atoms with Crippen molar-refractivity contribution in [2.24, 2.45) is 11.8 Å². The van der Waals surface area contributed by atoms with Crippen LogP contribution in [0, 0.1) is 11.8 Å². The largest absolute Gasteiger partial charge is 0.482 e. The summed E-state index contributed by atoms with van der Waals surface area (Å²) in [6.07, 6.45) is 25.2. The minimum absolute atomic E-state index is 0.0809. The molecule has 0 radical (unpaired) electrons. The van der Waals surface area contributed by atoms with E-state index in [9.17, 15) is 30.0 Å². The Balaban J connectivity index is 0.562. The second-order valence-electron chi connectivity index (χ2n) is 22.7. The third-order valence-electron chi connectivity index (χ3n) is 19.1. The van der Waals surface area contributed by atoms with Gasteiger partial charge in [0.25, 0.3) is 0 Å². The average molecular weight is 933 g/mol. The Bertz CT molecular complexity index is 2200. The molecule has 12 nitrogen and oxygen atoms in total. The molecule has 10 unspecified atom stereocenters. The van der Waals surface area contributed by atoms with Crippen molar-refractivity contribution in [3.05, 3.63) is 70.8 Å². The number of hydrogen-bond donors (Lipinski definition) is 4. The Morgan fingerprint density at radius 3 is 1.37 bits per heavy atom. The van der Waals surface area contributed by atoms with E-state index in [0.717, 1.165) is 113 Å². The fourth-order valence-corrected chi connectivity index (χ4v) is 15.2. The van der Waals surface area contributed by atoms with Crippen LogP contribution < -0.4 is 18.9 Å². The zero-order chi connectivity index (χ0) is 46.4. The lowest BCUT2D eigenvalue weighted by Gasteiger charge is -2.62. The van der Waals surface area contributed by atoms with Crippen LogP contribution in [0.5, 0.6) is 23.0 Å². The SMILES string of the molecule is O=C(CCCCCCCCCCCCC(=O)Oc1ccc2c3c1OC1C(O)C=CC4(O)C(C2)N(CC2CCC2)CCC314)Oc1ccc2c3c1OC1C(O)C=CC4(O)C(C2)N(CC2CCC2)CCC314. The molecule has 68 heavy (non-hydrogen) atoms. The van der Waals surface area contributed by atoms with E-state index in [4.69, 9.17) is 18.9 Å². The summed E-state index contributed by atoms with van der Waals surface area (Å²) in [6, 6.07) is 7.65. The van der Waals surface area contributed by atoms with Crippen LogP contribution in [0.15, 0.2) is 48.6 Å². The first-order valence-corrected chi connectivity index (χ1v) is 26.8. The van der Waals surface area contributed by atoms with E-state index < -0.39 is 46.4 Å². The number of aliphatic hydroxyl groups is 4. The second-order valence-corrected chi connectivity index (χ2v) is 22.7. The summed E-state index contributed by atoms with van der Waals surface area (Å²) in [4.78, 5) is 31.3. The monoisotopic (exact) mass is 933 g/mol. The highest BCUT2D eigenvalue weighted by molar-refractivity contribution is 5.76. The molecule has 2 saturated heterocycles. The summed E-state index contributed by atoms with van der Waals surface area (Å²) in [5.41, 5.74) is 0.252. The van der Waals surface area contributed by atoms with Crippen molar-refractivity contribution in [1.29, 1.82) is 0 Å². The Kier molecular flexibility index (Phi) is 11.7. The molecule has 4 N–H and O–H groups in total. The Morgan fingerprint density at radius 1 is 0.588 bits per heavy atom. The van der Waals surface area contributed by atoms with Crippen molar-refractivity contribution >= 4 is 11.9 Å². The predicted molar refractivity (Wildman–Crippen MR) is 254 cm³/mol. The maximum absolute atomic E-state index is 13.2. The molecule has 12 heteroatoms. The number of esters is 2. The molecule has 4 aliphatic heterocycles. The maximum Gasteiger partial charge on any atom is 0.311 e. The van der Waals surface area contributed by atoms with Crippen LogP contribution >= 0.6 is 0 Å². The van der Waals surface area contributed by atoms with E-state index >= 15 is 0 Å². The first-order valence-electron chi connectivity index (χ1n) is 26.8. The number of rotatable bonds is 19. The number of ether oxygens (including phenoxy) is 4. The molecule has 6 aliphatic carbocycles. The van der Waals surface area contributed by atoms with Crippen molar-refractivity contribution in [3.8, 4) is 23.0 Å². The van der Waals surface area contributed by atoms with Crippen molar-refractivity contribution in [2.45, 2.75) is 200 Å². The van der Waals surface area contributed by atoms with Gasteiger partial charge in [-0.15, -0.1) is 0 Å². The summed E-state index contributed by atoms with van der Waals surface area (Å²) in [5.74, 6) is 2.65. The molecular weight excluding hydrogens is 861 g/mol. The molecule has 2 aromatic carbocycles. The highest BCUT2D eigenvalue weighted by Gasteiger charge is 2.73. The lowest BCUT2D eigenvalue weighted by atomic mass is 9.50. The molecule has 2 spiro atoms. The Morgan fingerprint density at radius 2 is 0.985 bits per heavy atom. The molecule has 2 saturated carbocycles. The van der Waals surface area contributed by atoms with Gasteiger partial charge in [0.1, 0.15) is 35.6 Å². The summed E-state index contributed by atoms with van der Waals surface area (Å²) in [6.45, 7) is 3.70. The van der Waals surface area contributed by atoms with E-state index in [2.05, 4.69) is 21.9 Å². The number of aliphatic hydroxyl groups excluding tert-OH is 2. The van der Waals surface area contributed by atoms with Gasteiger partial charge in [-0.3, -0.25) is 19.4 Å². The first-order chi connectivity index (χ1) is 33.0. The smallest absolute Gasteiger partial charge is 0.311 e. The van der Waals surface area contributed by atoms with Crippen molar-refractivity contribution in [2.75, 3.05) is 26.2 Å². The van der Waals surface area contributed by atoms with Crippen LogP contribution in [0.2, 0.25) is 0 Å². The van der Waals surface area contributed by atoms with Crippen LogP contribution in [-0.4, -0.2) is 116 Å². The topological polar surface area (TPSA) is 158 Å². The minimum atomic E-state index is -1.16. The summed E-state index contributed by atoms with van der Waals surface area (Å²) in [5, 5.41) is 47.5. The molecule has 4 heterocycles. The van der Waals surface area contributed by atoms with Crippen LogP contribution in [0.4, 0.5) is 0 Å². The Labute approximate surface area is 401 Å².